The van der Waals surface area contributed by atoms with Gasteiger partial charge < -0.3 is 5.32 Å². The number of allylic oxidation sites excluding steroid dienone is 1. The summed E-state index contributed by atoms with van der Waals surface area (Å²) >= 11 is 0. The first-order valence-corrected chi connectivity index (χ1v) is 8.00. The Morgan fingerprint density at radius 3 is 2.44 bits per heavy atom. The summed E-state index contributed by atoms with van der Waals surface area (Å²) in [7, 11) is 0. The van der Waals surface area contributed by atoms with E-state index < -0.39 is 0 Å². The van der Waals surface area contributed by atoms with Crippen molar-refractivity contribution in [3.05, 3.63) is 11.6 Å². The molecule has 1 aliphatic rings. The fourth-order valence-electron chi connectivity index (χ4n) is 2.99. The predicted molar refractivity (Wildman–Crippen MR) is 81.8 cm³/mol. The van der Waals surface area contributed by atoms with Crippen molar-refractivity contribution in [2.24, 2.45) is 17.8 Å². The molecule has 0 aromatic carbocycles. The predicted octanol–water partition coefficient (Wildman–Crippen LogP) is 4.78. The highest BCUT2D eigenvalue weighted by Crippen LogP contribution is 2.34. The molecule has 0 unspecified atom stereocenters. The molecule has 1 nitrogen and oxygen atoms in total. The van der Waals surface area contributed by atoms with Gasteiger partial charge in [-0.05, 0) is 69.9 Å². The average Bonchev–Trinajstić information content (AvgIpc) is 2.38. The zero-order valence-electron chi connectivity index (χ0n) is 13.0. The number of hydrogen-bond donors (Lipinski definition) is 1. The molecule has 0 amide bonds. The molecule has 106 valence electrons. The molecule has 1 rings (SSSR count). The number of rotatable bonds is 7. The first kappa shape index (κ1) is 15.8. The molecule has 1 fully saturated rings. The molecule has 1 saturated carbocycles. The van der Waals surface area contributed by atoms with Crippen LogP contribution in [0.25, 0.3) is 0 Å². The van der Waals surface area contributed by atoms with Crippen molar-refractivity contribution in [2.75, 3.05) is 13.1 Å². The van der Waals surface area contributed by atoms with Gasteiger partial charge in [-0.15, -0.1) is 0 Å². The molecule has 0 atom stereocenters. The second-order valence-electron chi connectivity index (χ2n) is 6.46. The Morgan fingerprint density at radius 1 is 1.22 bits per heavy atom. The normalized spacial score (nSPS) is 25.7. The molecule has 0 spiro atoms. The molecule has 0 saturated heterocycles. The highest BCUT2D eigenvalue weighted by Gasteiger charge is 2.20. The maximum absolute atomic E-state index is 3.51. The fraction of sp³-hybridized carbons (Fsp3) is 0.882. The number of hydrogen-bond acceptors (Lipinski definition) is 1. The molecule has 0 aromatic heterocycles. The van der Waals surface area contributed by atoms with Crippen molar-refractivity contribution in [2.45, 2.75) is 66.2 Å². The van der Waals surface area contributed by atoms with Crippen LogP contribution >= 0.6 is 0 Å². The Balaban J connectivity index is 2.17. The summed E-state index contributed by atoms with van der Waals surface area (Å²) in [5.41, 5.74) is 1.65. The van der Waals surface area contributed by atoms with Crippen LogP contribution in [0.4, 0.5) is 0 Å². The first-order valence-electron chi connectivity index (χ1n) is 8.00. The third-order valence-electron chi connectivity index (χ3n) is 4.41. The minimum Gasteiger partial charge on any atom is -0.316 e. The van der Waals surface area contributed by atoms with Crippen molar-refractivity contribution in [3.63, 3.8) is 0 Å². The molecular formula is C17H33N. The molecule has 1 aliphatic carbocycles. The van der Waals surface area contributed by atoms with Gasteiger partial charge in [-0.1, -0.05) is 38.8 Å². The van der Waals surface area contributed by atoms with Crippen LogP contribution in [0.3, 0.4) is 0 Å². The smallest absolute Gasteiger partial charge is 0.00141 e. The van der Waals surface area contributed by atoms with Crippen LogP contribution in [-0.2, 0) is 0 Å². The van der Waals surface area contributed by atoms with Crippen molar-refractivity contribution < 1.29 is 0 Å². The van der Waals surface area contributed by atoms with Gasteiger partial charge in [0.15, 0.2) is 0 Å². The van der Waals surface area contributed by atoms with Gasteiger partial charge >= 0.3 is 0 Å². The third kappa shape index (κ3) is 6.04. The van der Waals surface area contributed by atoms with Crippen LogP contribution in [0.5, 0.6) is 0 Å². The molecule has 0 radical (unpaired) electrons. The lowest BCUT2D eigenvalue weighted by Crippen LogP contribution is -2.20. The lowest BCUT2D eigenvalue weighted by molar-refractivity contribution is 0.294. The molecule has 1 heteroatoms. The van der Waals surface area contributed by atoms with Gasteiger partial charge in [0.05, 0.1) is 0 Å². The van der Waals surface area contributed by atoms with Crippen molar-refractivity contribution in [1.82, 2.24) is 5.32 Å². The SMILES string of the molecule is CCC1CCC(C(C)=CCCNCC(C)C)CC1. The molecule has 0 heterocycles. The molecule has 0 aromatic rings. The summed E-state index contributed by atoms with van der Waals surface area (Å²) in [5.74, 6) is 2.67. The number of nitrogens with one attached hydrogen (secondary N) is 1. The van der Waals surface area contributed by atoms with E-state index in [0.717, 1.165) is 30.8 Å². The quantitative estimate of drug-likeness (QED) is 0.507. The van der Waals surface area contributed by atoms with E-state index in [1.54, 1.807) is 5.57 Å². The van der Waals surface area contributed by atoms with E-state index in [9.17, 15) is 0 Å². The van der Waals surface area contributed by atoms with Gasteiger partial charge in [-0.2, -0.15) is 0 Å². The van der Waals surface area contributed by atoms with Gasteiger partial charge in [0.2, 0.25) is 0 Å². The van der Waals surface area contributed by atoms with Gasteiger partial charge in [-0.3, -0.25) is 0 Å². The highest BCUT2D eigenvalue weighted by molar-refractivity contribution is 5.04. The van der Waals surface area contributed by atoms with Crippen LogP contribution in [0.15, 0.2) is 11.6 Å². The Hall–Kier alpha value is -0.300. The second-order valence-corrected chi connectivity index (χ2v) is 6.46. The van der Waals surface area contributed by atoms with Crippen molar-refractivity contribution >= 4 is 0 Å². The topological polar surface area (TPSA) is 12.0 Å². The lowest BCUT2D eigenvalue weighted by Gasteiger charge is -2.28. The minimum atomic E-state index is 0.763. The van der Waals surface area contributed by atoms with E-state index in [4.69, 9.17) is 0 Å². The van der Waals surface area contributed by atoms with Gasteiger partial charge in [0, 0.05) is 0 Å². The summed E-state index contributed by atoms with van der Waals surface area (Å²) in [6.45, 7) is 11.5. The summed E-state index contributed by atoms with van der Waals surface area (Å²) < 4.78 is 0. The van der Waals surface area contributed by atoms with E-state index >= 15 is 0 Å². The zero-order chi connectivity index (χ0) is 13.4. The van der Waals surface area contributed by atoms with Crippen LogP contribution < -0.4 is 5.32 Å². The van der Waals surface area contributed by atoms with Crippen LogP contribution in [0.1, 0.15) is 66.2 Å². The van der Waals surface area contributed by atoms with E-state index in [2.05, 4.69) is 39.1 Å². The average molecular weight is 251 g/mol. The monoisotopic (exact) mass is 251 g/mol. The Bertz CT molecular complexity index is 234. The largest absolute Gasteiger partial charge is 0.316 e. The van der Waals surface area contributed by atoms with Crippen LogP contribution in [-0.4, -0.2) is 13.1 Å². The van der Waals surface area contributed by atoms with Gasteiger partial charge in [-0.25, -0.2) is 0 Å². The second kappa shape index (κ2) is 8.74. The van der Waals surface area contributed by atoms with E-state index in [1.165, 1.54) is 38.5 Å². The van der Waals surface area contributed by atoms with E-state index in [0.29, 0.717) is 0 Å². The summed E-state index contributed by atoms with van der Waals surface area (Å²) in [5, 5.41) is 3.51. The van der Waals surface area contributed by atoms with E-state index in [-0.39, 0.29) is 0 Å². The van der Waals surface area contributed by atoms with Crippen LogP contribution in [0.2, 0.25) is 0 Å². The highest BCUT2D eigenvalue weighted by atomic mass is 14.8. The third-order valence-corrected chi connectivity index (χ3v) is 4.41. The van der Waals surface area contributed by atoms with Gasteiger partial charge in [0.25, 0.3) is 0 Å². The lowest BCUT2D eigenvalue weighted by atomic mass is 9.78. The molecule has 18 heavy (non-hydrogen) atoms. The maximum Gasteiger partial charge on any atom is -0.00141 e. The van der Waals surface area contributed by atoms with Gasteiger partial charge in [0.1, 0.15) is 0 Å². The standard InChI is InChI=1S/C17H33N/c1-5-16-8-10-17(11-9-16)15(4)7-6-12-18-13-14(2)3/h7,14,16-18H,5-6,8-13H2,1-4H3. The van der Waals surface area contributed by atoms with Crippen LogP contribution in [0, 0.1) is 17.8 Å². The molecule has 0 aliphatic heterocycles. The first-order chi connectivity index (χ1) is 8.63. The molecular weight excluding hydrogens is 218 g/mol. The summed E-state index contributed by atoms with van der Waals surface area (Å²) in [4.78, 5) is 0. The molecule has 1 N–H and O–H groups in total. The Morgan fingerprint density at radius 2 is 1.89 bits per heavy atom. The van der Waals surface area contributed by atoms with Crippen molar-refractivity contribution in [1.29, 1.82) is 0 Å². The fourth-order valence-corrected chi connectivity index (χ4v) is 2.99. The minimum absolute atomic E-state index is 0.763. The summed E-state index contributed by atoms with van der Waals surface area (Å²) in [6, 6.07) is 0. The molecule has 0 bridgehead atoms. The Kier molecular flexibility index (Phi) is 7.65. The van der Waals surface area contributed by atoms with Crippen molar-refractivity contribution in [3.8, 4) is 0 Å². The summed E-state index contributed by atoms with van der Waals surface area (Å²) in [6.07, 6.45) is 10.8. The zero-order valence-corrected chi connectivity index (χ0v) is 13.0. The van der Waals surface area contributed by atoms with E-state index in [1.807, 2.05) is 0 Å². The maximum atomic E-state index is 3.51. The Labute approximate surface area is 114 Å².